The van der Waals surface area contributed by atoms with Gasteiger partial charge in [-0.25, -0.2) is 0 Å². The lowest BCUT2D eigenvalue weighted by atomic mass is 10.0. The van der Waals surface area contributed by atoms with Crippen LogP contribution in [-0.2, 0) is 14.9 Å². The lowest BCUT2D eigenvalue weighted by molar-refractivity contribution is -0.0445. The van der Waals surface area contributed by atoms with Crippen LogP contribution in [0.25, 0.3) is 0 Å². The number of nitrogens with zero attached hydrogens (tertiary/aromatic N) is 1. The zero-order valence-electron chi connectivity index (χ0n) is 12.9. The summed E-state index contributed by atoms with van der Waals surface area (Å²) in [6, 6.07) is 7.32. The van der Waals surface area contributed by atoms with Gasteiger partial charge in [0.25, 0.3) is 10.2 Å². The van der Waals surface area contributed by atoms with Crippen molar-refractivity contribution in [2.75, 3.05) is 19.7 Å². The van der Waals surface area contributed by atoms with E-state index in [2.05, 4.69) is 4.72 Å². The number of rotatable bonds is 3. The van der Waals surface area contributed by atoms with Crippen molar-refractivity contribution in [3.63, 3.8) is 0 Å². The van der Waals surface area contributed by atoms with Gasteiger partial charge >= 0.3 is 0 Å². The second kappa shape index (κ2) is 6.16. The van der Waals surface area contributed by atoms with Crippen LogP contribution >= 0.6 is 0 Å². The molecule has 0 amide bonds. The number of hydrogen-bond acceptors (Lipinski definition) is 4. The van der Waals surface area contributed by atoms with Crippen LogP contribution < -0.4 is 9.46 Å². The van der Waals surface area contributed by atoms with Crippen molar-refractivity contribution < 1.29 is 17.9 Å². The number of benzene rings is 1. The van der Waals surface area contributed by atoms with Crippen LogP contribution in [0.2, 0.25) is 0 Å². The van der Waals surface area contributed by atoms with Crippen molar-refractivity contribution in [3.8, 4) is 5.75 Å². The van der Waals surface area contributed by atoms with E-state index in [0.29, 0.717) is 26.1 Å². The molecule has 0 aromatic heterocycles. The zero-order valence-corrected chi connectivity index (χ0v) is 13.7. The van der Waals surface area contributed by atoms with E-state index in [4.69, 9.17) is 9.47 Å². The molecule has 0 spiro atoms. The standard InChI is InChI=1S/C15H22N2O4S/c1-11-9-17(10-12(2)21-11)22(18,19)16-14-7-8-20-15-6-4-3-5-13(14)15/h3-6,11-12,14,16H,7-10H2,1-2H3/t11-,12-,14+/m1/s1. The monoisotopic (exact) mass is 326 g/mol. The van der Waals surface area contributed by atoms with E-state index in [1.54, 1.807) is 0 Å². The third-order valence-electron chi connectivity index (χ3n) is 3.98. The van der Waals surface area contributed by atoms with Crippen LogP contribution in [0, 0.1) is 0 Å². The van der Waals surface area contributed by atoms with Crippen LogP contribution in [0.5, 0.6) is 5.75 Å². The van der Waals surface area contributed by atoms with Gasteiger partial charge in [0.2, 0.25) is 0 Å². The minimum atomic E-state index is -3.54. The highest BCUT2D eigenvalue weighted by molar-refractivity contribution is 7.87. The predicted octanol–water partition coefficient (Wildman–Crippen LogP) is 1.45. The lowest BCUT2D eigenvalue weighted by Gasteiger charge is -2.36. The SMILES string of the molecule is C[C@@H]1CN(S(=O)(=O)N[C@H]2CCOc3ccccc32)C[C@@H](C)O1. The third kappa shape index (κ3) is 3.27. The van der Waals surface area contributed by atoms with Gasteiger partial charge in [-0.3, -0.25) is 0 Å². The molecule has 2 heterocycles. The average molecular weight is 326 g/mol. The highest BCUT2D eigenvalue weighted by Crippen LogP contribution is 2.32. The van der Waals surface area contributed by atoms with Crippen LogP contribution in [0.3, 0.4) is 0 Å². The van der Waals surface area contributed by atoms with Gasteiger partial charge in [-0.15, -0.1) is 0 Å². The zero-order chi connectivity index (χ0) is 15.7. The summed E-state index contributed by atoms with van der Waals surface area (Å²) >= 11 is 0. The number of para-hydroxylation sites is 1. The second-order valence-corrected chi connectivity index (χ2v) is 7.63. The van der Waals surface area contributed by atoms with Gasteiger partial charge < -0.3 is 9.47 Å². The molecule has 2 aliphatic rings. The maximum Gasteiger partial charge on any atom is 0.280 e. The molecule has 7 heteroatoms. The first-order valence-corrected chi connectivity index (χ1v) is 9.04. The first-order chi connectivity index (χ1) is 10.5. The van der Waals surface area contributed by atoms with Crippen molar-refractivity contribution >= 4 is 10.2 Å². The van der Waals surface area contributed by atoms with Crippen molar-refractivity contribution in [2.24, 2.45) is 0 Å². The Bertz CT molecular complexity index is 624. The number of nitrogens with one attached hydrogen (secondary N) is 1. The fourth-order valence-electron chi connectivity index (χ4n) is 3.05. The molecule has 22 heavy (non-hydrogen) atoms. The van der Waals surface area contributed by atoms with Gasteiger partial charge in [0.05, 0.1) is 24.9 Å². The predicted molar refractivity (Wildman–Crippen MR) is 82.9 cm³/mol. The molecule has 0 aliphatic carbocycles. The van der Waals surface area contributed by atoms with Gasteiger partial charge in [0, 0.05) is 25.1 Å². The average Bonchev–Trinajstić information content (AvgIpc) is 2.46. The van der Waals surface area contributed by atoms with E-state index >= 15 is 0 Å². The van der Waals surface area contributed by atoms with Gasteiger partial charge in [-0.1, -0.05) is 18.2 Å². The molecule has 3 rings (SSSR count). The van der Waals surface area contributed by atoms with Crippen molar-refractivity contribution in [1.29, 1.82) is 0 Å². The third-order valence-corrected chi connectivity index (χ3v) is 5.54. The summed E-state index contributed by atoms with van der Waals surface area (Å²) in [5.74, 6) is 0.755. The lowest BCUT2D eigenvalue weighted by Crippen LogP contribution is -2.52. The summed E-state index contributed by atoms with van der Waals surface area (Å²) in [4.78, 5) is 0. The molecule has 6 nitrogen and oxygen atoms in total. The maximum atomic E-state index is 12.7. The van der Waals surface area contributed by atoms with Gasteiger partial charge in [-0.2, -0.15) is 17.4 Å². The Morgan fingerprint density at radius 3 is 2.59 bits per heavy atom. The normalized spacial score (nSPS) is 29.6. The Hall–Kier alpha value is -1.15. The summed E-state index contributed by atoms with van der Waals surface area (Å²) in [6.45, 7) is 5.05. The molecular weight excluding hydrogens is 304 g/mol. The number of fused-ring (bicyclic) bond motifs is 1. The Morgan fingerprint density at radius 2 is 1.86 bits per heavy atom. The van der Waals surface area contributed by atoms with Gasteiger partial charge in [0.1, 0.15) is 5.75 Å². The summed E-state index contributed by atoms with van der Waals surface area (Å²) in [5.41, 5.74) is 0.895. The summed E-state index contributed by atoms with van der Waals surface area (Å²) in [5, 5.41) is 0. The molecule has 1 aromatic rings. The van der Waals surface area contributed by atoms with E-state index in [-0.39, 0.29) is 18.2 Å². The highest BCUT2D eigenvalue weighted by atomic mass is 32.2. The molecule has 1 saturated heterocycles. The molecule has 0 saturated carbocycles. The van der Waals surface area contributed by atoms with E-state index in [1.807, 2.05) is 38.1 Å². The molecule has 122 valence electrons. The molecule has 0 bridgehead atoms. The summed E-state index contributed by atoms with van der Waals surface area (Å²) in [7, 11) is -3.54. The Balaban J connectivity index is 1.78. The first-order valence-electron chi connectivity index (χ1n) is 7.60. The fourth-order valence-corrected chi connectivity index (χ4v) is 4.61. The number of ether oxygens (including phenoxy) is 2. The highest BCUT2D eigenvalue weighted by Gasteiger charge is 2.34. The Labute approximate surface area is 131 Å². The van der Waals surface area contributed by atoms with E-state index < -0.39 is 10.2 Å². The molecule has 3 atom stereocenters. The molecule has 0 unspecified atom stereocenters. The quantitative estimate of drug-likeness (QED) is 0.913. The molecule has 2 aliphatic heterocycles. The van der Waals surface area contributed by atoms with Crippen molar-refractivity contribution in [1.82, 2.24) is 9.03 Å². The minimum absolute atomic E-state index is 0.0951. The van der Waals surface area contributed by atoms with Crippen LogP contribution in [0.1, 0.15) is 31.9 Å². The molecule has 0 radical (unpaired) electrons. The Kier molecular flexibility index (Phi) is 4.40. The molecular formula is C15H22N2O4S. The largest absolute Gasteiger partial charge is 0.493 e. The number of morpholine rings is 1. The maximum absolute atomic E-state index is 12.7. The van der Waals surface area contributed by atoms with E-state index in [9.17, 15) is 8.42 Å². The van der Waals surface area contributed by atoms with E-state index in [1.165, 1.54) is 4.31 Å². The summed E-state index contributed by atoms with van der Waals surface area (Å²) in [6.07, 6.45) is 0.440. The van der Waals surface area contributed by atoms with Crippen molar-refractivity contribution in [3.05, 3.63) is 29.8 Å². The number of hydrogen-bond donors (Lipinski definition) is 1. The molecule has 1 aromatic carbocycles. The molecule has 1 N–H and O–H groups in total. The van der Waals surface area contributed by atoms with Crippen LogP contribution in [0.4, 0.5) is 0 Å². The van der Waals surface area contributed by atoms with Crippen LogP contribution in [0.15, 0.2) is 24.3 Å². The Morgan fingerprint density at radius 1 is 1.18 bits per heavy atom. The van der Waals surface area contributed by atoms with Gasteiger partial charge in [-0.05, 0) is 19.9 Å². The first kappa shape index (κ1) is 15.7. The molecule has 1 fully saturated rings. The van der Waals surface area contributed by atoms with E-state index in [0.717, 1.165) is 11.3 Å². The fraction of sp³-hybridized carbons (Fsp3) is 0.600. The second-order valence-electron chi connectivity index (χ2n) is 5.92. The minimum Gasteiger partial charge on any atom is -0.493 e. The topological polar surface area (TPSA) is 67.9 Å². The van der Waals surface area contributed by atoms with Crippen molar-refractivity contribution in [2.45, 2.75) is 38.5 Å². The van der Waals surface area contributed by atoms with Gasteiger partial charge in [0.15, 0.2) is 0 Å². The smallest absolute Gasteiger partial charge is 0.280 e. The van der Waals surface area contributed by atoms with Crippen LogP contribution in [-0.4, -0.2) is 44.6 Å². The summed E-state index contributed by atoms with van der Waals surface area (Å²) < 4.78 is 40.8.